The molecule has 4 aromatic rings. The Labute approximate surface area is 177 Å². The number of hydrogen-bond acceptors (Lipinski definition) is 4. The minimum absolute atomic E-state index is 0.0395. The smallest absolute Gasteiger partial charge is 0.262 e. The first-order valence-electron chi connectivity index (χ1n) is 9.61. The third kappa shape index (κ3) is 3.63. The number of aromatic nitrogens is 2. The van der Waals surface area contributed by atoms with E-state index in [-0.39, 0.29) is 18.0 Å². The van der Waals surface area contributed by atoms with Crippen molar-refractivity contribution in [3.8, 4) is 10.4 Å². The number of benzene rings is 2. The minimum atomic E-state index is -0.184. The Bertz CT molecular complexity index is 1300. The van der Waals surface area contributed by atoms with E-state index < -0.39 is 0 Å². The molecule has 0 radical (unpaired) electrons. The molecule has 29 heavy (non-hydrogen) atoms. The molecule has 1 N–H and O–H groups in total. The van der Waals surface area contributed by atoms with Gasteiger partial charge in [-0.1, -0.05) is 55.8 Å². The Balaban J connectivity index is 1.99. The van der Waals surface area contributed by atoms with Crippen LogP contribution in [-0.2, 0) is 11.3 Å². The quantitative estimate of drug-likeness (QED) is 0.363. The van der Waals surface area contributed by atoms with Crippen LogP contribution in [0.1, 0.15) is 19.8 Å². The number of nitrogens with one attached hydrogen (secondary N) is 1. The van der Waals surface area contributed by atoms with E-state index in [1.165, 1.54) is 11.3 Å². The third-order valence-corrected chi connectivity index (χ3v) is 6.27. The van der Waals surface area contributed by atoms with Crippen LogP contribution in [0.5, 0.6) is 0 Å². The van der Waals surface area contributed by atoms with Gasteiger partial charge < -0.3 is 5.32 Å². The SMILES string of the molecule is CCCCNC(=O)Cn1c(=O)c2ccccc2n2c(=S)sc(-c3ccccc3)c12. The fourth-order valence-corrected chi connectivity index (χ4v) is 4.87. The Kier molecular flexibility index (Phi) is 5.60. The highest BCUT2D eigenvalue weighted by molar-refractivity contribution is 7.73. The van der Waals surface area contributed by atoms with Gasteiger partial charge in [-0.3, -0.25) is 18.6 Å². The van der Waals surface area contributed by atoms with E-state index in [4.69, 9.17) is 12.2 Å². The summed E-state index contributed by atoms with van der Waals surface area (Å²) in [5, 5.41) is 3.46. The van der Waals surface area contributed by atoms with Crippen LogP contribution in [0.2, 0.25) is 0 Å². The second kappa shape index (κ2) is 8.31. The summed E-state index contributed by atoms with van der Waals surface area (Å²) >= 11 is 7.12. The molecular weight excluding hydrogens is 402 g/mol. The number of fused-ring (bicyclic) bond motifs is 3. The van der Waals surface area contributed by atoms with Crippen LogP contribution in [0, 0.1) is 3.95 Å². The van der Waals surface area contributed by atoms with E-state index in [2.05, 4.69) is 12.2 Å². The van der Waals surface area contributed by atoms with Crippen molar-refractivity contribution in [3.63, 3.8) is 0 Å². The molecular formula is C22H21N3O2S2. The second-order valence-corrected chi connectivity index (χ2v) is 8.48. The molecule has 5 nitrogen and oxygen atoms in total. The molecule has 2 aromatic carbocycles. The molecule has 0 bridgehead atoms. The lowest BCUT2D eigenvalue weighted by atomic mass is 10.2. The van der Waals surface area contributed by atoms with E-state index in [0.717, 1.165) is 28.8 Å². The minimum Gasteiger partial charge on any atom is -0.355 e. The zero-order valence-electron chi connectivity index (χ0n) is 16.1. The Morgan fingerprint density at radius 2 is 1.83 bits per heavy atom. The molecule has 0 aliphatic rings. The predicted molar refractivity (Wildman–Crippen MR) is 121 cm³/mol. The highest BCUT2D eigenvalue weighted by Crippen LogP contribution is 2.32. The average molecular weight is 424 g/mol. The number of nitrogens with zero attached hydrogens (tertiary/aromatic N) is 2. The summed E-state index contributed by atoms with van der Waals surface area (Å²) in [7, 11) is 0. The fraction of sp³-hybridized carbons (Fsp3) is 0.227. The number of carbonyl (C=O) groups excluding carboxylic acids is 1. The third-order valence-electron chi connectivity index (χ3n) is 4.85. The monoisotopic (exact) mass is 423 g/mol. The van der Waals surface area contributed by atoms with Crippen molar-refractivity contribution in [1.29, 1.82) is 0 Å². The van der Waals surface area contributed by atoms with Crippen LogP contribution < -0.4 is 10.9 Å². The molecule has 7 heteroatoms. The van der Waals surface area contributed by atoms with Gasteiger partial charge in [-0.05, 0) is 36.3 Å². The first-order chi connectivity index (χ1) is 14.1. The molecule has 0 atom stereocenters. The van der Waals surface area contributed by atoms with Crippen molar-refractivity contribution < 1.29 is 4.79 Å². The lowest BCUT2D eigenvalue weighted by molar-refractivity contribution is -0.121. The Morgan fingerprint density at radius 3 is 2.59 bits per heavy atom. The molecule has 0 aliphatic carbocycles. The molecule has 0 aliphatic heterocycles. The van der Waals surface area contributed by atoms with Crippen LogP contribution in [0.25, 0.3) is 27.0 Å². The van der Waals surface area contributed by atoms with Crippen LogP contribution in [0.15, 0.2) is 59.4 Å². The van der Waals surface area contributed by atoms with Gasteiger partial charge in [0.05, 0.1) is 15.8 Å². The summed E-state index contributed by atoms with van der Waals surface area (Å²) < 4.78 is 4.12. The summed E-state index contributed by atoms with van der Waals surface area (Å²) in [4.78, 5) is 26.8. The molecule has 2 aromatic heterocycles. The number of hydrogen-bond donors (Lipinski definition) is 1. The zero-order chi connectivity index (χ0) is 20.4. The van der Waals surface area contributed by atoms with Gasteiger partial charge in [0.2, 0.25) is 5.91 Å². The first-order valence-corrected chi connectivity index (χ1v) is 10.8. The highest BCUT2D eigenvalue weighted by atomic mass is 32.1. The van der Waals surface area contributed by atoms with Crippen molar-refractivity contribution >= 4 is 46.0 Å². The van der Waals surface area contributed by atoms with E-state index in [0.29, 0.717) is 21.5 Å². The Hall–Kier alpha value is -2.77. The number of rotatable bonds is 6. The normalized spacial score (nSPS) is 11.2. The molecule has 0 fully saturated rings. The summed E-state index contributed by atoms with van der Waals surface area (Å²) in [5.74, 6) is -0.172. The molecule has 0 saturated carbocycles. The zero-order valence-corrected chi connectivity index (χ0v) is 17.7. The standard InChI is InChI=1S/C22H21N3O2S2/c1-2-3-13-23-18(26)14-24-20-19(15-9-5-4-6-10-15)29-22(28)25(20)17-12-8-7-11-16(17)21(24)27/h4-12H,2-3,13-14H2,1H3,(H,23,26). The Morgan fingerprint density at radius 1 is 1.10 bits per heavy atom. The molecule has 0 spiro atoms. The van der Waals surface area contributed by atoms with Gasteiger partial charge in [-0.2, -0.15) is 0 Å². The fourth-order valence-electron chi connectivity index (χ4n) is 3.44. The van der Waals surface area contributed by atoms with Crippen LogP contribution in [0.3, 0.4) is 0 Å². The topological polar surface area (TPSA) is 55.5 Å². The van der Waals surface area contributed by atoms with Crippen molar-refractivity contribution in [2.45, 2.75) is 26.3 Å². The number of thiazole rings is 1. The number of para-hydroxylation sites is 1. The van der Waals surface area contributed by atoms with Crippen molar-refractivity contribution in [2.24, 2.45) is 0 Å². The van der Waals surface area contributed by atoms with Crippen LogP contribution in [0.4, 0.5) is 0 Å². The van der Waals surface area contributed by atoms with E-state index in [1.54, 1.807) is 10.6 Å². The van der Waals surface area contributed by atoms with Gasteiger partial charge in [-0.25, -0.2) is 0 Å². The van der Waals surface area contributed by atoms with Gasteiger partial charge in [0, 0.05) is 6.54 Å². The average Bonchev–Trinajstić information content (AvgIpc) is 3.09. The molecule has 0 unspecified atom stereocenters. The van der Waals surface area contributed by atoms with Gasteiger partial charge >= 0.3 is 0 Å². The van der Waals surface area contributed by atoms with E-state index >= 15 is 0 Å². The number of carbonyl (C=O) groups is 1. The maximum absolute atomic E-state index is 13.3. The summed E-state index contributed by atoms with van der Waals surface area (Å²) in [6.45, 7) is 2.64. The van der Waals surface area contributed by atoms with E-state index in [9.17, 15) is 9.59 Å². The lowest BCUT2D eigenvalue weighted by Gasteiger charge is -2.13. The van der Waals surface area contributed by atoms with Crippen molar-refractivity contribution in [1.82, 2.24) is 14.3 Å². The van der Waals surface area contributed by atoms with Crippen molar-refractivity contribution in [3.05, 3.63) is 68.9 Å². The van der Waals surface area contributed by atoms with Gasteiger partial charge in [-0.15, -0.1) is 11.3 Å². The van der Waals surface area contributed by atoms with Crippen molar-refractivity contribution in [2.75, 3.05) is 6.54 Å². The van der Waals surface area contributed by atoms with Crippen LogP contribution >= 0.6 is 23.6 Å². The number of amides is 1. The molecule has 4 rings (SSSR count). The maximum Gasteiger partial charge on any atom is 0.262 e. The van der Waals surface area contributed by atoms with Gasteiger partial charge in [0.1, 0.15) is 12.2 Å². The molecule has 0 saturated heterocycles. The predicted octanol–water partition coefficient (Wildman–Crippen LogP) is 4.63. The lowest BCUT2D eigenvalue weighted by Crippen LogP contribution is -2.33. The van der Waals surface area contributed by atoms with E-state index in [1.807, 2.05) is 52.9 Å². The summed E-state index contributed by atoms with van der Waals surface area (Å²) in [5.41, 5.74) is 2.22. The molecule has 148 valence electrons. The molecule has 1 amide bonds. The molecule has 2 heterocycles. The first kappa shape index (κ1) is 19.5. The largest absolute Gasteiger partial charge is 0.355 e. The maximum atomic E-state index is 13.3. The summed E-state index contributed by atoms with van der Waals surface area (Å²) in [6, 6.07) is 17.2. The van der Waals surface area contributed by atoms with Gasteiger partial charge in [0.25, 0.3) is 5.56 Å². The summed E-state index contributed by atoms with van der Waals surface area (Å²) in [6.07, 6.45) is 1.91. The highest BCUT2D eigenvalue weighted by Gasteiger charge is 2.19. The second-order valence-electron chi connectivity index (χ2n) is 6.83. The van der Waals surface area contributed by atoms with Gasteiger partial charge in [0.15, 0.2) is 3.95 Å². The van der Waals surface area contributed by atoms with Crippen LogP contribution in [-0.4, -0.2) is 21.4 Å². The number of unbranched alkanes of at least 4 members (excludes halogenated alkanes) is 1.